The molecule has 0 spiro atoms. The largest absolute Gasteiger partial charge is 0.493 e. The number of hydrazine groups is 1. The van der Waals surface area contributed by atoms with E-state index in [1.807, 2.05) is 18.2 Å². The van der Waals surface area contributed by atoms with Gasteiger partial charge in [-0.15, -0.1) is 0 Å². The fourth-order valence-corrected chi connectivity index (χ4v) is 3.25. The molecule has 0 aliphatic heterocycles. The van der Waals surface area contributed by atoms with E-state index < -0.39 is 17.7 Å². The molecule has 10 nitrogen and oxygen atoms in total. The van der Waals surface area contributed by atoms with E-state index >= 15 is 0 Å². The van der Waals surface area contributed by atoms with Crippen LogP contribution in [0, 0.1) is 5.92 Å². The van der Waals surface area contributed by atoms with Crippen molar-refractivity contribution >= 4 is 46.2 Å². The molecule has 12 heteroatoms. The van der Waals surface area contributed by atoms with Crippen molar-refractivity contribution in [3.8, 4) is 23.0 Å². The summed E-state index contributed by atoms with van der Waals surface area (Å²) < 4.78 is 20.9. The van der Waals surface area contributed by atoms with Crippen LogP contribution in [0.4, 0.5) is 0 Å². The van der Waals surface area contributed by atoms with Crippen LogP contribution in [0.5, 0.6) is 23.0 Å². The fourth-order valence-electron chi connectivity index (χ4n) is 2.88. The Labute approximate surface area is 222 Å². The topological polar surface area (TPSA) is 124 Å². The standard InChI is InChI=1S/C14H19N3O4S.C10H13NO2S/c1-8(12(15)18)13(19)16-17(2)14(22)9-6-5-7-10(20-3)11(9)21-4;1-11-10(14)7-5-4-6-8(12-2)9(7)13-3/h5-8H,1-4H3,(H2,15,18)(H,16,19);4-6H,1-3H3,(H,11,14). The van der Waals surface area contributed by atoms with Gasteiger partial charge in [0, 0.05) is 14.1 Å². The van der Waals surface area contributed by atoms with Crippen LogP contribution in [0.2, 0.25) is 0 Å². The lowest BCUT2D eigenvalue weighted by atomic mass is 10.1. The van der Waals surface area contributed by atoms with E-state index in [9.17, 15) is 9.59 Å². The molecule has 196 valence electrons. The monoisotopic (exact) mass is 536 g/mol. The normalized spacial score (nSPS) is 10.5. The van der Waals surface area contributed by atoms with Crippen LogP contribution < -0.4 is 35.4 Å². The maximum atomic E-state index is 11.8. The summed E-state index contributed by atoms with van der Waals surface area (Å²) in [5.41, 5.74) is 9.01. The number of ether oxygens (including phenoxy) is 4. The highest BCUT2D eigenvalue weighted by Gasteiger charge is 2.22. The van der Waals surface area contributed by atoms with Crippen LogP contribution in [0.15, 0.2) is 36.4 Å². The summed E-state index contributed by atoms with van der Waals surface area (Å²) in [6, 6.07) is 10.8. The number of nitrogens with two attached hydrogens (primary N) is 1. The van der Waals surface area contributed by atoms with E-state index in [0.717, 1.165) is 5.56 Å². The molecule has 4 N–H and O–H groups in total. The highest BCUT2D eigenvalue weighted by molar-refractivity contribution is 7.81. The maximum Gasteiger partial charge on any atom is 0.250 e. The van der Waals surface area contributed by atoms with Crippen LogP contribution in [-0.2, 0) is 9.59 Å². The van der Waals surface area contributed by atoms with E-state index in [0.29, 0.717) is 38.5 Å². The number of hydrogen-bond acceptors (Lipinski definition) is 8. The number of carbonyl (C=O) groups is 2. The van der Waals surface area contributed by atoms with E-state index in [-0.39, 0.29) is 0 Å². The van der Waals surface area contributed by atoms with E-state index in [4.69, 9.17) is 49.1 Å². The number of carbonyl (C=O) groups excluding carboxylic acids is 2. The van der Waals surface area contributed by atoms with Crippen molar-refractivity contribution in [3.05, 3.63) is 47.5 Å². The summed E-state index contributed by atoms with van der Waals surface area (Å²) in [7, 11) is 9.56. The van der Waals surface area contributed by atoms with E-state index in [1.54, 1.807) is 46.5 Å². The van der Waals surface area contributed by atoms with Crippen molar-refractivity contribution in [2.45, 2.75) is 6.92 Å². The van der Waals surface area contributed by atoms with Crippen molar-refractivity contribution in [1.29, 1.82) is 0 Å². The smallest absolute Gasteiger partial charge is 0.250 e. The zero-order chi connectivity index (χ0) is 27.4. The van der Waals surface area contributed by atoms with Crippen molar-refractivity contribution in [2.24, 2.45) is 11.7 Å². The van der Waals surface area contributed by atoms with Gasteiger partial charge >= 0.3 is 0 Å². The molecule has 0 heterocycles. The molecule has 0 saturated carbocycles. The number of amides is 2. The Hall–Kier alpha value is -3.64. The molecule has 0 aromatic heterocycles. The zero-order valence-electron chi connectivity index (χ0n) is 21.3. The van der Waals surface area contributed by atoms with E-state index in [1.165, 1.54) is 26.2 Å². The molecule has 1 atom stereocenters. The molecule has 0 aliphatic carbocycles. The summed E-state index contributed by atoms with van der Waals surface area (Å²) in [6.07, 6.45) is 0. The second-order valence-electron chi connectivity index (χ2n) is 7.13. The molecule has 2 aromatic rings. The van der Waals surface area contributed by atoms with Gasteiger partial charge in [-0.1, -0.05) is 36.6 Å². The fraction of sp³-hybridized carbons (Fsp3) is 0.333. The van der Waals surface area contributed by atoms with Gasteiger partial charge in [-0.05, 0) is 31.2 Å². The summed E-state index contributed by atoms with van der Waals surface area (Å²) in [6.45, 7) is 1.42. The van der Waals surface area contributed by atoms with Gasteiger partial charge in [0.05, 0.1) is 39.6 Å². The molecule has 2 aromatic carbocycles. The minimum Gasteiger partial charge on any atom is -0.493 e. The highest BCUT2D eigenvalue weighted by atomic mass is 32.1. The highest BCUT2D eigenvalue weighted by Crippen LogP contribution is 2.32. The van der Waals surface area contributed by atoms with Crippen LogP contribution in [0.25, 0.3) is 0 Å². The van der Waals surface area contributed by atoms with Crippen molar-refractivity contribution in [1.82, 2.24) is 15.8 Å². The Morgan fingerprint density at radius 3 is 1.78 bits per heavy atom. The van der Waals surface area contributed by atoms with Gasteiger partial charge in [-0.2, -0.15) is 0 Å². The van der Waals surface area contributed by atoms with Gasteiger partial charge in [0.2, 0.25) is 5.91 Å². The number of primary amides is 1. The second-order valence-corrected chi connectivity index (χ2v) is 7.92. The number of methoxy groups -OCH3 is 4. The Bertz CT molecular complexity index is 1100. The van der Waals surface area contributed by atoms with E-state index in [2.05, 4.69) is 10.7 Å². The summed E-state index contributed by atoms with van der Waals surface area (Å²) >= 11 is 10.5. The molecule has 0 radical (unpaired) electrons. The number of benzene rings is 2. The lowest BCUT2D eigenvalue weighted by Crippen LogP contribution is -2.47. The lowest BCUT2D eigenvalue weighted by molar-refractivity contribution is -0.134. The Morgan fingerprint density at radius 2 is 1.36 bits per heavy atom. The molecule has 36 heavy (non-hydrogen) atoms. The van der Waals surface area contributed by atoms with Gasteiger partial charge in [0.15, 0.2) is 23.0 Å². The minimum atomic E-state index is -0.961. The second kappa shape index (κ2) is 14.7. The van der Waals surface area contributed by atoms with Gasteiger partial charge in [0.25, 0.3) is 5.91 Å². The molecule has 1 unspecified atom stereocenters. The van der Waals surface area contributed by atoms with Gasteiger partial charge in [0.1, 0.15) is 15.9 Å². The van der Waals surface area contributed by atoms with Crippen LogP contribution >= 0.6 is 24.4 Å². The first-order valence-electron chi connectivity index (χ1n) is 10.6. The third kappa shape index (κ3) is 7.68. The molecular formula is C24H32N4O6S2. The first-order valence-corrected chi connectivity index (χ1v) is 11.4. The predicted octanol–water partition coefficient (Wildman–Crippen LogP) is 2.06. The summed E-state index contributed by atoms with van der Waals surface area (Å²) in [5, 5.41) is 4.23. The van der Waals surface area contributed by atoms with Gasteiger partial charge in [-0.25, -0.2) is 0 Å². The quantitative estimate of drug-likeness (QED) is 0.262. The lowest BCUT2D eigenvalue weighted by Gasteiger charge is -2.23. The van der Waals surface area contributed by atoms with Crippen LogP contribution in [-0.4, -0.2) is 69.3 Å². The Morgan fingerprint density at radius 1 is 0.889 bits per heavy atom. The van der Waals surface area contributed by atoms with Crippen molar-refractivity contribution in [3.63, 3.8) is 0 Å². The Balaban J connectivity index is 0.000000397. The number of rotatable bonds is 8. The van der Waals surface area contributed by atoms with Crippen molar-refractivity contribution in [2.75, 3.05) is 42.5 Å². The van der Waals surface area contributed by atoms with Crippen LogP contribution in [0.1, 0.15) is 18.1 Å². The summed E-state index contributed by atoms with van der Waals surface area (Å²) in [5.74, 6) is 0.107. The Kier molecular flexibility index (Phi) is 12.4. The number of para-hydroxylation sites is 2. The van der Waals surface area contributed by atoms with Crippen LogP contribution in [0.3, 0.4) is 0 Å². The molecule has 0 fully saturated rings. The van der Waals surface area contributed by atoms with Crippen molar-refractivity contribution < 1.29 is 28.5 Å². The number of thiocarbonyl (C=S) groups is 2. The SMILES string of the molecule is CNC(=S)c1cccc(OC)c1OC.COc1cccc(C(=S)N(C)NC(=O)C(C)C(N)=O)c1OC. The van der Waals surface area contributed by atoms with Gasteiger partial charge in [-0.3, -0.25) is 20.0 Å². The molecule has 0 aliphatic rings. The average Bonchev–Trinajstić information content (AvgIpc) is 2.90. The number of nitrogens with one attached hydrogen (secondary N) is 2. The number of hydrogen-bond donors (Lipinski definition) is 3. The third-order valence-corrected chi connectivity index (χ3v) is 5.83. The van der Waals surface area contributed by atoms with Gasteiger partial charge < -0.3 is 30.0 Å². The maximum absolute atomic E-state index is 11.8. The molecular weight excluding hydrogens is 504 g/mol. The predicted molar refractivity (Wildman–Crippen MR) is 146 cm³/mol. The zero-order valence-corrected chi connectivity index (χ0v) is 23.0. The molecule has 2 rings (SSSR count). The molecule has 0 saturated heterocycles. The number of nitrogens with zero attached hydrogens (tertiary/aromatic N) is 1. The summed E-state index contributed by atoms with van der Waals surface area (Å²) in [4.78, 5) is 23.8. The average molecular weight is 537 g/mol. The minimum absolute atomic E-state index is 0.306. The molecule has 0 bridgehead atoms. The third-order valence-electron chi connectivity index (χ3n) is 4.91. The first kappa shape index (κ1) is 30.4. The molecule has 2 amide bonds. The first-order chi connectivity index (χ1) is 17.1.